The zero-order valence-electron chi connectivity index (χ0n) is 16.5. The summed E-state index contributed by atoms with van der Waals surface area (Å²) in [6.07, 6.45) is -0.436. The number of nitrogens with one attached hydrogen (secondary N) is 3. The summed E-state index contributed by atoms with van der Waals surface area (Å²) in [6.45, 7) is 5.80. The molecule has 0 bridgehead atoms. The fourth-order valence-electron chi connectivity index (χ4n) is 2.23. The summed E-state index contributed by atoms with van der Waals surface area (Å²) in [5, 5.41) is 8.03. The molecule has 1 heterocycles. The lowest BCUT2D eigenvalue weighted by Gasteiger charge is -2.19. The number of benzene rings is 1. The number of carbonyl (C=O) groups excluding carboxylic acids is 3. The van der Waals surface area contributed by atoms with Crippen molar-refractivity contribution < 1.29 is 23.5 Å². The molecule has 2 rings (SSSR count). The molecule has 0 fully saturated rings. The standard InChI is InChI=1S/C20H24BrN3O5/c1-20(2,3)29-19(27)22-11-10-17(25)24-14-6-4-13(5-7-14)12-23-18(26)15-8-9-16(21)28-15/h4-9H,10-12H2,1-3H3,(H,22,27)(H,23,26)(H,24,25). The zero-order valence-corrected chi connectivity index (χ0v) is 18.1. The van der Waals surface area contributed by atoms with Gasteiger partial charge in [-0.05, 0) is 66.5 Å². The molecule has 0 saturated heterocycles. The van der Waals surface area contributed by atoms with Gasteiger partial charge < -0.3 is 25.1 Å². The highest BCUT2D eigenvalue weighted by Gasteiger charge is 2.16. The van der Waals surface area contributed by atoms with E-state index in [4.69, 9.17) is 9.15 Å². The van der Waals surface area contributed by atoms with Gasteiger partial charge in [-0.2, -0.15) is 0 Å². The van der Waals surface area contributed by atoms with Crippen molar-refractivity contribution in [2.24, 2.45) is 0 Å². The number of hydrogen-bond donors (Lipinski definition) is 3. The number of hydrogen-bond acceptors (Lipinski definition) is 5. The predicted molar refractivity (Wildman–Crippen MR) is 112 cm³/mol. The monoisotopic (exact) mass is 465 g/mol. The van der Waals surface area contributed by atoms with E-state index in [-0.39, 0.29) is 30.5 Å². The third-order valence-corrected chi connectivity index (χ3v) is 3.93. The topological polar surface area (TPSA) is 110 Å². The predicted octanol–water partition coefficient (Wildman–Crippen LogP) is 3.83. The van der Waals surface area contributed by atoms with Gasteiger partial charge in [-0.25, -0.2) is 4.79 Å². The molecule has 0 aliphatic rings. The van der Waals surface area contributed by atoms with Gasteiger partial charge in [0.05, 0.1) is 0 Å². The van der Waals surface area contributed by atoms with E-state index >= 15 is 0 Å². The third kappa shape index (κ3) is 8.39. The zero-order chi connectivity index (χ0) is 21.4. The second-order valence-corrected chi connectivity index (χ2v) is 7.99. The Bertz CT molecular complexity index is 856. The molecule has 0 atom stereocenters. The molecule has 3 N–H and O–H groups in total. The van der Waals surface area contributed by atoms with Gasteiger partial charge in [-0.3, -0.25) is 9.59 Å². The maximum atomic E-state index is 12.0. The largest absolute Gasteiger partial charge is 0.444 e. The van der Waals surface area contributed by atoms with Crippen LogP contribution in [0.15, 0.2) is 45.5 Å². The fraction of sp³-hybridized carbons (Fsp3) is 0.350. The van der Waals surface area contributed by atoms with E-state index in [2.05, 4.69) is 31.9 Å². The van der Waals surface area contributed by atoms with Gasteiger partial charge in [0.25, 0.3) is 5.91 Å². The van der Waals surface area contributed by atoms with Crippen LogP contribution < -0.4 is 16.0 Å². The maximum absolute atomic E-state index is 12.0. The molecular formula is C20H24BrN3O5. The van der Waals surface area contributed by atoms with Crippen LogP contribution in [0.4, 0.5) is 10.5 Å². The highest BCUT2D eigenvalue weighted by atomic mass is 79.9. The summed E-state index contributed by atoms with van der Waals surface area (Å²) in [4.78, 5) is 35.4. The first kappa shape index (κ1) is 22.5. The van der Waals surface area contributed by atoms with Crippen LogP contribution in [0.25, 0.3) is 0 Å². The van der Waals surface area contributed by atoms with Crippen molar-refractivity contribution >= 4 is 39.5 Å². The SMILES string of the molecule is CC(C)(C)OC(=O)NCCC(=O)Nc1ccc(CNC(=O)c2ccc(Br)o2)cc1. The van der Waals surface area contributed by atoms with Crippen LogP contribution in [0.1, 0.15) is 43.3 Å². The van der Waals surface area contributed by atoms with Crippen molar-refractivity contribution in [3.63, 3.8) is 0 Å². The Balaban J connectivity index is 1.72. The van der Waals surface area contributed by atoms with Gasteiger partial charge in [0, 0.05) is 25.2 Å². The molecule has 0 aliphatic heterocycles. The van der Waals surface area contributed by atoms with Crippen LogP contribution in [0, 0.1) is 0 Å². The van der Waals surface area contributed by atoms with Crippen molar-refractivity contribution in [2.75, 3.05) is 11.9 Å². The molecule has 156 valence electrons. The minimum atomic E-state index is -0.581. The molecule has 1 aromatic heterocycles. The third-order valence-electron chi connectivity index (χ3n) is 3.51. The van der Waals surface area contributed by atoms with Gasteiger partial charge in [0.15, 0.2) is 10.4 Å². The first-order valence-electron chi connectivity index (χ1n) is 9.01. The van der Waals surface area contributed by atoms with Crippen LogP contribution in [0.5, 0.6) is 0 Å². The van der Waals surface area contributed by atoms with Crippen molar-refractivity contribution in [3.8, 4) is 0 Å². The lowest BCUT2D eigenvalue weighted by molar-refractivity contribution is -0.116. The molecule has 1 aromatic carbocycles. The van der Waals surface area contributed by atoms with Gasteiger partial charge in [0.2, 0.25) is 5.91 Å². The normalized spacial score (nSPS) is 10.9. The van der Waals surface area contributed by atoms with Crippen LogP contribution in [-0.2, 0) is 16.1 Å². The Labute approximate surface area is 177 Å². The van der Waals surface area contributed by atoms with E-state index in [9.17, 15) is 14.4 Å². The second kappa shape index (κ2) is 10.1. The van der Waals surface area contributed by atoms with Crippen LogP contribution in [0.2, 0.25) is 0 Å². The summed E-state index contributed by atoms with van der Waals surface area (Å²) < 4.78 is 10.8. The first-order chi connectivity index (χ1) is 13.6. The second-order valence-electron chi connectivity index (χ2n) is 7.21. The number of amides is 3. The fourth-order valence-corrected chi connectivity index (χ4v) is 2.53. The number of ether oxygens (including phenoxy) is 1. The molecule has 9 heteroatoms. The highest BCUT2D eigenvalue weighted by molar-refractivity contribution is 9.10. The molecule has 0 radical (unpaired) electrons. The molecule has 2 aromatic rings. The van der Waals surface area contributed by atoms with Gasteiger partial charge >= 0.3 is 6.09 Å². The summed E-state index contributed by atoms with van der Waals surface area (Å²) in [5.74, 6) is -0.322. The van der Waals surface area contributed by atoms with Gasteiger partial charge in [-0.1, -0.05) is 12.1 Å². The first-order valence-corrected chi connectivity index (χ1v) is 9.81. The van der Waals surface area contributed by atoms with Crippen LogP contribution in [0.3, 0.4) is 0 Å². The molecule has 29 heavy (non-hydrogen) atoms. The number of halogens is 1. The lowest BCUT2D eigenvalue weighted by atomic mass is 10.2. The molecule has 3 amide bonds. The number of carbonyl (C=O) groups is 3. The molecule has 0 saturated carbocycles. The van der Waals surface area contributed by atoms with Gasteiger partial charge in [0.1, 0.15) is 5.60 Å². The van der Waals surface area contributed by atoms with Crippen molar-refractivity contribution in [3.05, 3.63) is 52.4 Å². The quantitative estimate of drug-likeness (QED) is 0.575. The smallest absolute Gasteiger partial charge is 0.407 e. The van der Waals surface area contributed by atoms with E-state index < -0.39 is 11.7 Å². The number of rotatable bonds is 7. The van der Waals surface area contributed by atoms with Crippen molar-refractivity contribution in [1.82, 2.24) is 10.6 Å². The van der Waals surface area contributed by atoms with Crippen molar-refractivity contribution in [1.29, 1.82) is 0 Å². The number of furan rings is 1. The summed E-state index contributed by atoms with van der Waals surface area (Å²) in [5.41, 5.74) is 0.911. The van der Waals surface area contributed by atoms with Gasteiger partial charge in [-0.15, -0.1) is 0 Å². The summed E-state index contributed by atoms with van der Waals surface area (Å²) >= 11 is 3.15. The van der Waals surface area contributed by atoms with E-state index in [0.717, 1.165) is 5.56 Å². The highest BCUT2D eigenvalue weighted by Crippen LogP contribution is 2.14. The maximum Gasteiger partial charge on any atom is 0.407 e. The Hall–Kier alpha value is -2.81. The molecule has 0 spiro atoms. The minimum absolute atomic E-state index is 0.121. The summed E-state index contributed by atoms with van der Waals surface area (Å²) in [6, 6.07) is 10.3. The number of alkyl carbamates (subject to hydrolysis) is 1. The van der Waals surface area contributed by atoms with Crippen LogP contribution in [-0.4, -0.2) is 30.1 Å². The van der Waals surface area contributed by atoms with Crippen molar-refractivity contribution in [2.45, 2.75) is 39.3 Å². The van der Waals surface area contributed by atoms with E-state index in [1.807, 2.05) is 0 Å². The Morgan fingerprint density at radius 3 is 2.31 bits per heavy atom. The lowest BCUT2D eigenvalue weighted by Crippen LogP contribution is -2.34. The Morgan fingerprint density at radius 2 is 1.72 bits per heavy atom. The molecule has 8 nitrogen and oxygen atoms in total. The molecule has 0 aliphatic carbocycles. The summed E-state index contributed by atoms with van der Waals surface area (Å²) in [7, 11) is 0. The van der Waals surface area contributed by atoms with E-state index in [0.29, 0.717) is 16.9 Å². The Kier molecular flexibility index (Phi) is 7.83. The molecular weight excluding hydrogens is 442 g/mol. The van der Waals surface area contributed by atoms with E-state index in [1.165, 1.54) is 0 Å². The minimum Gasteiger partial charge on any atom is -0.444 e. The molecule has 0 unspecified atom stereocenters. The van der Waals surface area contributed by atoms with Crippen LogP contribution >= 0.6 is 15.9 Å². The average Bonchev–Trinajstić information content (AvgIpc) is 3.06. The van der Waals surface area contributed by atoms with E-state index in [1.54, 1.807) is 57.2 Å². The Morgan fingerprint density at radius 1 is 1.03 bits per heavy atom. The average molecular weight is 466 g/mol. The number of anilines is 1.